The Labute approximate surface area is 228 Å². The summed E-state index contributed by atoms with van der Waals surface area (Å²) in [6.45, 7) is 3.19. The maximum Gasteiger partial charge on any atom is 0.163 e. The first kappa shape index (κ1) is 26.2. The first-order chi connectivity index (χ1) is 19.3. The molecule has 0 fully saturated rings. The number of methoxy groups -OCH3 is 2. The highest BCUT2D eigenvalue weighted by atomic mass is 16.5. The number of rotatable bonds is 12. The van der Waals surface area contributed by atoms with Crippen LogP contribution in [0.5, 0.6) is 0 Å². The molecule has 39 heavy (non-hydrogen) atoms. The Kier molecular flexibility index (Phi) is 8.68. The van der Waals surface area contributed by atoms with E-state index < -0.39 is 0 Å². The van der Waals surface area contributed by atoms with Gasteiger partial charge >= 0.3 is 0 Å². The van der Waals surface area contributed by atoms with Gasteiger partial charge in [-0.15, -0.1) is 0 Å². The minimum Gasteiger partial charge on any atom is -0.383 e. The van der Waals surface area contributed by atoms with Crippen molar-refractivity contribution in [3.63, 3.8) is 0 Å². The van der Waals surface area contributed by atoms with Crippen LogP contribution < -0.4 is 10.2 Å². The Morgan fingerprint density at radius 1 is 0.795 bits per heavy atom. The van der Waals surface area contributed by atoms with Gasteiger partial charge in [-0.25, -0.2) is 9.97 Å². The van der Waals surface area contributed by atoms with Crippen LogP contribution in [0.2, 0.25) is 0 Å². The van der Waals surface area contributed by atoms with E-state index in [1.807, 2.05) is 54.7 Å². The summed E-state index contributed by atoms with van der Waals surface area (Å²) in [5.41, 5.74) is 5.76. The van der Waals surface area contributed by atoms with Crippen molar-refractivity contribution in [3.05, 3.63) is 97.1 Å². The van der Waals surface area contributed by atoms with E-state index in [2.05, 4.69) is 44.5 Å². The largest absolute Gasteiger partial charge is 0.383 e. The number of hydrogen-bond acceptors (Lipinski definition) is 8. The van der Waals surface area contributed by atoms with E-state index in [4.69, 9.17) is 19.4 Å². The molecule has 0 aliphatic carbocycles. The van der Waals surface area contributed by atoms with E-state index >= 15 is 0 Å². The molecule has 3 heterocycles. The Morgan fingerprint density at radius 2 is 1.59 bits per heavy atom. The lowest BCUT2D eigenvalue weighted by atomic mass is 10.0. The van der Waals surface area contributed by atoms with Gasteiger partial charge in [0.25, 0.3) is 0 Å². The Balaban J connectivity index is 1.59. The first-order valence-electron chi connectivity index (χ1n) is 12.9. The van der Waals surface area contributed by atoms with E-state index in [0.717, 1.165) is 57.9 Å². The number of nitrogens with one attached hydrogen (secondary N) is 1. The average molecular weight is 521 g/mol. The fourth-order valence-corrected chi connectivity index (χ4v) is 4.47. The monoisotopic (exact) mass is 520 g/mol. The molecule has 0 amide bonds. The molecule has 198 valence electrons. The Morgan fingerprint density at radius 3 is 2.33 bits per heavy atom. The van der Waals surface area contributed by atoms with Crippen molar-refractivity contribution in [3.8, 4) is 22.5 Å². The number of nitrogens with zero attached hydrogens (tertiary/aromatic N) is 5. The lowest BCUT2D eigenvalue weighted by Gasteiger charge is -2.24. The zero-order valence-corrected chi connectivity index (χ0v) is 22.2. The predicted octanol–water partition coefficient (Wildman–Crippen LogP) is 5.47. The summed E-state index contributed by atoms with van der Waals surface area (Å²) in [6.07, 6.45) is 5.45. The van der Waals surface area contributed by atoms with Gasteiger partial charge in [-0.3, -0.25) is 9.97 Å². The van der Waals surface area contributed by atoms with Crippen LogP contribution in [0.1, 0.15) is 5.69 Å². The van der Waals surface area contributed by atoms with Crippen LogP contribution in [-0.2, 0) is 16.0 Å². The minimum absolute atomic E-state index is 0.537. The summed E-state index contributed by atoms with van der Waals surface area (Å²) < 4.78 is 10.6. The SMILES string of the molecule is COCCN(CCOC)c1cncc(-c2nc(NCc3ccccn3)c3c(-c4ccccc4)cccc3n2)c1. The van der Waals surface area contributed by atoms with Gasteiger partial charge in [-0.2, -0.15) is 0 Å². The van der Waals surface area contributed by atoms with Gasteiger partial charge < -0.3 is 19.7 Å². The summed E-state index contributed by atoms with van der Waals surface area (Å²) in [4.78, 5) is 21.2. The van der Waals surface area contributed by atoms with Crippen LogP contribution in [0.25, 0.3) is 33.4 Å². The Hall–Kier alpha value is -4.40. The van der Waals surface area contributed by atoms with Gasteiger partial charge in [-0.05, 0) is 35.4 Å². The maximum absolute atomic E-state index is 5.32. The molecule has 5 rings (SSSR count). The van der Waals surface area contributed by atoms with Gasteiger partial charge in [0.1, 0.15) is 5.82 Å². The smallest absolute Gasteiger partial charge is 0.163 e. The zero-order chi connectivity index (χ0) is 26.9. The van der Waals surface area contributed by atoms with Crippen molar-refractivity contribution < 1.29 is 9.47 Å². The van der Waals surface area contributed by atoms with Crippen molar-refractivity contribution >= 4 is 22.4 Å². The summed E-state index contributed by atoms with van der Waals surface area (Å²) >= 11 is 0. The van der Waals surface area contributed by atoms with Gasteiger partial charge in [-0.1, -0.05) is 48.5 Å². The second-order valence-electron chi connectivity index (χ2n) is 9.04. The lowest BCUT2D eigenvalue weighted by Crippen LogP contribution is -2.30. The van der Waals surface area contributed by atoms with Crippen molar-refractivity contribution in [1.82, 2.24) is 19.9 Å². The van der Waals surface area contributed by atoms with Crippen LogP contribution in [-0.4, -0.2) is 60.5 Å². The quantitative estimate of drug-likeness (QED) is 0.232. The molecule has 0 aliphatic rings. The molecule has 0 saturated heterocycles. The number of aromatic nitrogens is 4. The number of fused-ring (bicyclic) bond motifs is 1. The molecule has 0 saturated carbocycles. The van der Waals surface area contributed by atoms with E-state index in [1.54, 1.807) is 26.6 Å². The van der Waals surface area contributed by atoms with Crippen molar-refractivity contribution in [2.24, 2.45) is 0 Å². The van der Waals surface area contributed by atoms with Gasteiger partial charge in [0.15, 0.2) is 5.82 Å². The van der Waals surface area contributed by atoms with E-state index in [1.165, 1.54) is 0 Å². The van der Waals surface area contributed by atoms with Crippen molar-refractivity contribution in [2.45, 2.75) is 6.54 Å². The zero-order valence-electron chi connectivity index (χ0n) is 22.2. The molecule has 3 aromatic heterocycles. The van der Waals surface area contributed by atoms with Crippen LogP contribution in [0.15, 0.2) is 91.4 Å². The molecule has 2 aromatic carbocycles. The lowest BCUT2D eigenvalue weighted by molar-refractivity contribution is 0.190. The summed E-state index contributed by atoms with van der Waals surface area (Å²) in [7, 11) is 3.41. The predicted molar refractivity (Wildman–Crippen MR) is 156 cm³/mol. The fraction of sp³-hybridized carbons (Fsp3) is 0.226. The van der Waals surface area contributed by atoms with Crippen molar-refractivity contribution in [2.75, 3.05) is 50.7 Å². The topological polar surface area (TPSA) is 85.3 Å². The molecule has 0 atom stereocenters. The minimum atomic E-state index is 0.537. The summed E-state index contributed by atoms with van der Waals surface area (Å²) in [6, 6.07) is 24.5. The van der Waals surface area contributed by atoms with Crippen LogP contribution in [0.4, 0.5) is 11.5 Å². The third kappa shape index (κ3) is 6.37. The number of pyridine rings is 2. The van der Waals surface area contributed by atoms with Crippen LogP contribution in [0.3, 0.4) is 0 Å². The molecule has 1 N–H and O–H groups in total. The molecule has 0 aliphatic heterocycles. The van der Waals surface area contributed by atoms with Crippen molar-refractivity contribution in [1.29, 1.82) is 0 Å². The molecule has 0 radical (unpaired) electrons. The normalized spacial score (nSPS) is 11.0. The highest BCUT2D eigenvalue weighted by molar-refractivity contribution is 6.02. The number of anilines is 2. The molecule has 8 nitrogen and oxygen atoms in total. The van der Waals surface area contributed by atoms with Crippen LogP contribution in [0, 0.1) is 0 Å². The molecule has 5 aromatic rings. The van der Waals surface area contributed by atoms with Gasteiger partial charge in [0, 0.05) is 45.3 Å². The number of hydrogen-bond donors (Lipinski definition) is 1. The molecule has 0 spiro atoms. The van der Waals surface area contributed by atoms with E-state index in [-0.39, 0.29) is 0 Å². The molecule has 0 bridgehead atoms. The molecule has 0 unspecified atom stereocenters. The molecular weight excluding hydrogens is 488 g/mol. The summed E-state index contributed by atoms with van der Waals surface area (Å²) in [5.74, 6) is 1.35. The third-order valence-electron chi connectivity index (χ3n) is 6.45. The highest BCUT2D eigenvalue weighted by Gasteiger charge is 2.16. The number of ether oxygens (including phenoxy) is 2. The van der Waals surface area contributed by atoms with Crippen LogP contribution >= 0.6 is 0 Å². The molecule has 8 heteroatoms. The number of benzene rings is 2. The standard InChI is InChI=1S/C31H32N6O2/c1-38-17-15-37(16-18-39-2)26-19-24(20-32-22-26)30-35-28-13-8-12-27(23-9-4-3-5-10-23)29(28)31(36-30)34-21-25-11-6-7-14-33-25/h3-14,19-20,22H,15-18,21H2,1-2H3,(H,34,35,36). The van der Waals surface area contributed by atoms with E-state index in [9.17, 15) is 0 Å². The molecular formula is C31H32N6O2. The Bertz CT molecular complexity index is 1490. The highest BCUT2D eigenvalue weighted by Crippen LogP contribution is 2.34. The third-order valence-corrected chi connectivity index (χ3v) is 6.45. The van der Waals surface area contributed by atoms with E-state index in [0.29, 0.717) is 25.6 Å². The van der Waals surface area contributed by atoms with Gasteiger partial charge in [0.2, 0.25) is 0 Å². The average Bonchev–Trinajstić information content (AvgIpc) is 3.00. The second kappa shape index (κ2) is 12.9. The second-order valence-corrected chi connectivity index (χ2v) is 9.04. The maximum atomic E-state index is 5.32. The fourth-order valence-electron chi connectivity index (χ4n) is 4.47. The summed E-state index contributed by atoms with van der Waals surface area (Å²) in [5, 5.41) is 4.51. The first-order valence-corrected chi connectivity index (χ1v) is 12.9. The van der Waals surface area contributed by atoms with Gasteiger partial charge in [0.05, 0.1) is 48.2 Å².